The number of hydrogen-bond donors (Lipinski definition) is 0. The molecule has 0 bridgehead atoms. The first-order valence-corrected chi connectivity index (χ1v) is 6.02. The van der Waals surface area contributed by atoms with Crippen LogP contribution in [-0.2, 0) is 4.79 Å². The molecule has 0 aliphatic carbocycles. The summed E-state index contributed by atoms with van der Waals surface area (Å²) in [5, 5.41) is 0. The van der Waals surface area contributed by atoms with E-state index in [1.807, 2.05) is 11.8 Å². The Bertz CT molecular complexity index is 161. The van der Waals surface area contributed by atoms with Crippen molar-refractivity contribution in [2.75, 3.05) is 19.0 Å². The summed E-state index contributed by atoms with van der Waals surface area (Å²) in [6.07, 6.45) is 2.63. The van der Waals surface area contributed by atoms with Gasteiger partial charge in [0.15, 0.2) is 0 Å². The second-order valence-corrected chi connectivity index (χ2v) is 4.11. The Hall–Kier alpha value is -0.240. The lowest BCUT2D eigenvalue weighted by Gasteiger charge is -2.21. The standard InChI is InChI=1S/C11H22ClNO/c1-4-10(3)9-11(14)13(5-2)8-6-7-12/h10H,4-9H2,1-3H3. The van der Waals surface area contributed by atoms with Gasteiger partial charge in [0.25, 0.3) is 0 Å². The predicted octanol–water partition coefficient (Wildman–Crippen LogP) is 2.90. The molecule has 0 aliphatic heterocycles. The van der Waals surface area contributed by atoms with E-state index in [1.165, 1.54) is 0 Å². The van der Waals surface area contributed by atoms with Crippen LogP contribution in [0.4, 0.5) is 0 Å². The van der Waals surface area contributed by atoms with E-state index in [0.29, 0.717) is 18.2 Å². The topological polar surface area (TPSA) is 20.3 Å². The van der Waals surface area contributed by atoms with Gasteiger partial charge in [-0.25, -0.2) is 0 Å². The number of alkyl halides is 1. The molecule has 0 heterocycles. The monoisotopic (exact) mass is 219 g/mol. The third kappa shape index (κ3) is 5.48. The zero-order chi connectivity index (χ0) is 11.0. The van der Waals surface area contributed by atoms with Gasteiger partial charge >= 0.3 is 0 Å². The molecule has 0 saturated heterocycles. The van der Waals surface area contributed by atoms with Crippen LogP contribution in [0.2, 0.25) is 0 Å². The summed E-state index contributed by atoms with van der Waals surface area (Å²) in [6, 6.07) is 0. The van der Waals surface area contributed by atoms with Crippen molar-refractivity contribution >= 4 is 17.5 Å². The van der Waals surface area contributed by atoms with Crippen molar-refractivity contribution in [2.24, 2.45) is 5.92 Å². The lowest BCUT2D eigenvalue weighted by molar-refractivity contribution is -0.131. The molecule has 3 heteroatoms. The van der Waals surface area contributed by atoms with Crippen LogP contribution in [0.1, 0.15) is 40.0 Å². The fraction of sp³-hybridized carbons (Fsp3) is 0.909. The number of carbonyl (C=O) groups excluding carboxylic acids is 1. The number of halogens is 1. The Morgan fingerprint density at radius 2 is 2.07 bits per heavy atom. The molecule has 2 nitrogen and oxygen atoms in total. The highest BCUT2D eigenvalue weighted by molar-refractivity contribution is 6.17. The first kappa shape index (κ1) is 13.8. The maximum Gasteiger partial charge on any atom is 0.222 e. The average molecular weight is 220 g/mol. The number of carbonyl (C=O) groups is 1. The van der Waals surface area contributed by atoms with Crippen molar-refractivity contribution < 1.29 is 4.79 Å². The molecule has 0 N–H and O–H groups in total. The summed E-state index contributed by atoms with van der Waals surface area (Å²) in [7, 11) is 0. The largest absolute Gasteiger partial charge is 0.343 e. The van der Waals surface area contributed by atoms with Crippen molar-refractivity contribution in [2.45, 2.75) is 40.0 Å². The molecule has 0 aromatic heterocycles. The smallest absolute Gasteiger partial charge is 0.222 e. The van der Waals surface area contributed by atoms with Crippen LogP contribution in [0.3, 0.4) is 0 Å². The van der Waals surface area contributed by atoms with Gasteiger partial charge in [0.2, 0.25) is 5.91 Å². The van der Waals surface area contributed by atoms with Crippen LogP contribution in [0.5, 0.6) is 0 Å². The van der Waals surface area contributed by atoms with E-state index in [9.17, 15) is 4.79 Å². The molecular weight excluding hydrogens is 198 g/mol. The molecule has 0 aliphatic rings. The Morgan fingerprint density at radius 3 is 2.50 bits per heavy atom. The molecule has 84 valence electrons. The van der Waals surface area contributed by atoms with Gasteiger partial charge in [-0.3, -0.25) is 4.79 Å². The molecule has 0 rings (SSSR count). The molecule has 0 aromatic carbocycles. The van der Waals surface area contributed by atoms with Crippen LogP contribution in [0, 0.1) is 5.92 Å². The van der Waals surface area contributed by atoms with Gasteiger partial charge in [0.05, 0.1) is 0 Å². The number of hydrogen-bond acceptors (Lipinski definition) is 1. The maximum atomic E-state index is 11.7. The summed E-state index contributed by atoms with van der Waals surface area (Å²) in [5.74, 6) is 1.40. The van der Waals surface area contributed by atoms with Gasteiger partial charge in [0, 0.05) is 25.4 Å². The molecule has 0 spiro atoms. The Morgan fingerprint density at radius 1 is 1.43 bits per heavy atom. The maximum absolute atomic E-state index is 11.7. The lowest BCUT2D eigenvalue weighted by Crippen LogP contribution is -2.32. The molecule has 0 radical (unpaired) electrons. The minimum absolute atomic E-state index is 0.270. The van der Waals surface area contributed by atoms with Crippen LogP contribution in [0.25, 0.3) is 0 Å². The summed E-state index contributed by atoms with van der Waals surface area (Å²) >= 11 is 5.60. The van der Waals surface area contributed by atoms with Gasteiger partial charge in [0.1, 0.15) is 0 Å². The van der Waals surface area contributed by atoms with E-state index in [2.05, 4.69) is 13.8 Å². The second-order valence-electron chi connectivity index (χ2n) is 3.73. The fourth-order valence-corrected chi connectivity index (χ4v) is 1.40. The third-order valence-electron chi connectivity index (χ3n) is 2.52. The number of rotatable bonds is 7. The van der Waals surface area contributed by atoms with Crippen molar-refractivity contribution in [3.05, 3.63) is 0 Å². The minimum atomic E-state index is 0.270. The van der Waals surface area contributed by atoms with Gasteiger partial charge in [-0.2, -0.15) is 0 Å². The van der Waals surface area contributed by atoms with E-state index in [-0.39, 0.29) is 5.91 Å². The predicted molar refractivity (Wildman–Crippen MR) is 61.7 cm³/mol. The molecule has 1 unspecified atom stereocenters. The molecule has 0 fully saturated rings. The molecule has 0 aromatic rings. The van der Waals surface area contributed by atoms with Crippen molar-refractivity contribution in [1.82, 2.24) is 4.90 Å². The number of nitrogens with zero attached hydrogens (tertiary/aromatic N) is 1. The summed E-state index contributed by atoms with van der Waals surface area (Å²) in [4.78, 5) is 13.6. The molecule has 1 amide bonds. The quantitative estimate of drug-likeness (QED) is 0.603. The highest BCUT2D eigenvalue weighted by Gasteiger charge is 2.13. The van der Waals surface area contributed by atoms with Crippen LogP contribution < -0.4 is 0 Å². The SMILES string of the molecule is CCC(C)CC(=O)N(CC)CCCCl. The zero-order valence-corrected chi connectivity index (χ0v) is 10.3. The normalized spacial score (nSPS) is 12.6. The third-order valence-corrected chi connectivity index (χ3v) is 2.78. The Labute approximate surface area is 92.6 Å². The summed E-state index contributed by atoms with van der Waals surface area (Å²) < 4.78 is 0. The van der Waals surface area contributed by atoms with E-state index in [1.54, 1.807) is 0 Å². The van der Waals surface area contributed by atoms with Crippen LogP contribution in [0.15, 0.2) is 0 Å². The zero-order valence-electron chi connectivity index (χ0n) is 9.55. The lowest BCUT2D eigenvalue weighted by atomic mass is 10.0. The van der Waals surface area contributed by atoms with Gasteiger partial charge in [-0.15, -0.1) is 11.6 Å². The van der Waals surface area contributed by atoms with Crippen molar-refractivity contribution in [1.29, 1.82) is 0 Å². The first-order valence-electron chi connectivity index (χ1n) is 5.49. The minimum Gasteiger partial charge on any atom is -0.343 e. The average Bonchev–Trinajstić information content (AvgIpc) is 2.18. The Balaban J connectivity index is 3.90. The van der Waals surface area contributed by atoms with Gasteiger partial charge in [-0.1, -0.05) is 20.3 Å². The van der Waals surface area contributed by atoms with E-state index < -0.39 is 0 Å². The van der Waals surface area contributed by atoms with E-state index >= 15 is 0 Å². The molecule has 0 saturated carbocycles. The molecular formula is C11H22ClNO. The molecule has 1 atom stereocenters. The highest BCUT2D eigenvalue weighted by Crippen LogP contribution is 2.09. The number of amides is 1. The fourth-order valence-electron chi connectivity index (χ4n) is 1.28. The van der Waals surface area contributed by atoms with Gasteiger partial charge in [-0.05, 0) is 19.3 Å². The summed E-state index contributed by atoms with van der Waals surface area (Å²) in [5.41, 5.74) is 0. The summed E-state index contributed by atoms with van der Waals surface area (Å²) in [6.45, 7) is 7.85. The van der Waals surface area contributed by atoms with E-state index in [0.717, 1.165) is 25.9 Å². The van der Waals surface area contributed by atoms with Gasteiger partial charge < -0.3 is 4.90 Å². The Kier molecular flexibility index (Phi) is 7.96. The molecule has 14 heavy (non-hydrogen) atoms. The second kappa shape index (κ2) is 8.10. The van der Waals surface area contributed by atoms with E-state index in [4.69, 9.17) is 11.6 Å². The van der Waals surface area contributed by atoms with Crippen molar-refractivity contribution in [3.8, 4) is 0 Å². The van der Waals surface area contributed by atoms with Crippen LogP contribution >= 0.6 is 11.6 Å². The van der Waals surface area contributed by atoms with Crippen molar-refractivity contribution in [3.63, 3.8) is 0 Å². The highest BCUT2D eigenvalue weighted by atomic mass is 35.5. The van der Waals surface area contributed by atoms with Crippen LogP contribution in [-0.4, -0.2) is 29.8 Å². The first-order chi connectivity index (χ1) is 6.65.